The molecule has 7 saturated heterocycles. The van der Waals surface area contributed by atoms with Gasteiger partial charge in [0.1, 0.15) is 0 Å². The predicted molar refractivity (Wildman–Crippen MR) is 551 cm³/mol. The van der Waals surface area contributed by atoms with E-state index in [-0.39, 0.29) is 7.43 Å². The van der Waals surface area contributed by atoms with Crippen LogP contribution in [0.3, 0.4) is 0 Å². The van der Waals surface area contributed by atoms with E-state index in [0.29, 0.717) is 42.6 Å². The van der Waals surface area contributed by atoms with Crippen molar-refractivity contribution in [2.75, 3.05) is 111 Å². The van der Waals surface area contributed by atoms with Crippen molar-refractivity contribution in [1.29, 1.82) is 0 Å². The summed E-state index contributed by atoms with van der Waals surface area (Å²) in [5.74, 6) is 17.0. The van der Waals surface area contributed by atoms with Gasteiger partial charge in [-0.3, -0.25) is 14.4 Å². The molecular formula is C112H227N7O4. The Kier molecular flexibility index (Phi) is 87.5. The van der Waals surface area contributed by atoms with Crippen LogP contribution in [0.2, 0.25) is 0 Å². The topological polar surface area (TPSA) is 101 Å². The van der Waals surface area contributed by atoms with Crippen LogP contribution in [0.25, 0.3) is 0 Å². The molecule has 4 atom stereocenters. The normalized spacial score (nSPS) is 21.2. The number of nitrogens with zero attached hydrogens (tertiary/aromatic N) is 5. The smallest absolute Gasteiger partial charge is 0.222 e. The molecule has 1 aromatic rings. The molecule has 3 amide bonds. The van der Waals surface area contributed by atoms with Gasteiger partial charge in [0, 0.05) is 78.2 Å². The second-order valence-corrected chi connectivity index (χ2v) is 43.1. The van der Waals surface area contributed by atoms with E-state index in [2.05, 4.69) is 214 Å². The maximum Gasteiger partial charge on any atom is 0.222 e. The highest BCUT2D eigenvalue weighted by Gasteiger charge is 2.28. The molecule has 1 aromatic carbocycles. The second-order valence-electron chi connectivity index (χ2n) is 43.1. The molecule has 7 aliphatic heterocycles. The van der Waals surface area contributed by atoms with Crippen molar-refractivity contribution in [1.82, 2.24) is 35.1 Å². The number of piperidine rings is 4. The van der Waals surface area contributed by atoms with Gasteiger partial charge in [0.25, 0.3) is 0 Å². The number of amides is 3. The van der Waals surface area contributed by atoms with E-state index in [0.717, 1.165) is 166 Å². The van der Waals surface area contributed by atoms with Gasteiger partial charge in [0.15, 0.2) is 0 Å². The first kappa shape index (κ1) is 127. The fourth-order valence-electron chi connectivity index (χ4n) is 18.7. The van der Waals surface area contributed by atoms with E-state index >= 15 is 0 Å². The van der Waals surface area contributed by atoms with Crippen LogP contribution in [0.15, 0.2) is 36.4 Å². The summed E-state index contributed by atoms with van der Waals surface area (Å²) in [6.07, 6.45) is 47.9. The number of benzene rings is 1. The number of likely N-dealkylation sites (tertiary alicyclic amines) is 5. The van der Waals surface area contributed by atoms with E-state index in [9.17, 15) is 14.4 Å². The zero-order chi connectivity index (χ0) is 92.4. The lowest BCUT2D eigenvalue weighted by atomic mass is 9.78. The number of ether oxygens (including phenoxy) is 1. The molecule has 9 aliphatic rings. The third kappa shape index (κ3) is 79.0. The molecule has 4 unspecified atom stereocenters. The Morgan fingerprint density at radius 2 is 0.650 bits per heavy atom. The van der Waals surface area contributed by atoms with Gasteiger partial charge in [0.2, 0.25) is 17.7 Å². The first-order chi connectivity index (χ1) is 58.1. The lowest BCUT2D eigenvalue weighted by Gasteiger charge is -2.32. The quantitative estimate of drug-likeness (QED) is 0.0946. The van der Waals surface area contributed by atoms with Crippen LogP contribution in [0.1, 0.15) is 446 Å². The minimum atomic E-state index is 0. The van der Waals surface area contributed by atoms with Crippen molar-refractivity contribution in [2.45, 2.75) is 452 Å². The average molecular weight is 1740 g/mol. The van der Waals surface area contributed by atoms with Crippen LogP contribution in [0.4, 0.5) is 0 Å². The lowest BCUT2D eigenvalue weighted by Crippen LogP contribution is -2.39. The zero-order valence-corrected chi connectivity index (χ0v) is 88.3. The number of carbonyl (C=O) groups is 3. The molecule has 2 aliphatic carbocycles. The molecular weight excluding hydrogens is 1510 g/mol. The molecule has 0 spiro atoms. The molecule has 10 rings (SSSR count). The predicted octanol–water partition coefficient (Wildman–Crippen LogP) is 30.7. The van der Waals surface area contributed by atoms with Gasteiger partial charge in [-0.1, -0.05) is 329 Å². The number of hydrogen-bond donors (Lipinski definition) is 2. The number of hydrogen-bond acceptors (Lipinski definition) is 8. The highest BCUT2D eigenvalue weighted by Crippen LogP contribution is 2.35. The summed E-state index contributed by atoms with van der Waals surface area (Å²) in [5.41, 5.74) is 0. The number of rotatable bonds is 26. The summed E-state index contributed by atoms with van der Waals surface area (Å²) in [6, 6.07) is 12.0. The fourth-order valence-corrected chi connectivity index (χ4v) is 18.7. The zero-order valence-electron chi connectivity index (χ0n) is 88.3. The van der Waals surface area contributed by atoms with Crippen LogP contribution in [0, 0.1) is 107 Å². The Balaban J connectivity index is -0.000000633. The highest BCUT2D eigenvalue weighted by molar-refractivity contribution is 5.77. The average Bonchev–Trinajstić information content (AvgIpc) is 1.74. The Morgan fingerprint density at radius 3 is 1.03 bits per heavy atom. The second kappa shape index (κ2) is 84.9. The third-order valence-corrected chi connectivity index (χ3v) is 24.9. The Labute approximate surface area is 774 Å². The standard InChI is InChI=1S/C12H23NO.C12H25N.C12H24.C11H21NO.C11H23N.C10H19NO.C9H19N.C9H18.C8H17NO.C6H6.C5H12.2C3H8.CH4/c1-4-12(14)13-7-5-11(6-8-13)9-10(2)3;1-4-7-13-8-5-12(6-9-13)10-11(2)3;1-4-11-5-7-12(8-6-11)9-10(2)3;1-4-11(13)12-6-5-10(8-12)7-9(2)3;1-4-6-12-7-5-11(9-12)8-10(2)3;1-9(2)8-10(12)11-6-4-3-5-7-11;1-8(2)6-9-4-3-5-10-7-9;1-8(2)7-9-5-3-4-6-9;1-7(2)5-8-6-9-3-4-10-8;1-2-4-6-5-3-1;1-4-5(2)3;2*1-3-2;/h10-11H,4-9H2,1-3H3;11-12H,4-10H2,1-3H3;10-12H,4-9H2,1-3H3;9-10H,4-8H2,1-3H3;10-11H,4-9H2,1-3H3;9H,3-8H2,1-2H3;8-10H,3-7H2,1-2H3;8-9H,3-7H2,1-2H3;7-9H,3-6H2,1-2H3;1-6H;5H,4H2,1-3H3;2*3H2,1-2H3;1H4. The van der Waals surface area contributed by atoms with E-state index < -0.39 is 0 Å². The van der Waals surface area contributed by atoms with E-state index in [1.54, 1.807) is 0 Å². The highest BCUT2D eigenvalue weighted by atomic mass is 16.5. The Bertz CT molecular complexity index is 2270. The van der Waals surface area contributed by atoms with E-state index in [4.69, 9.17) is 4.74 Å². The monoisotopic (exact) mass is 1730 g/mol. The van der Waals surface area contributed by atoms with Gasteiger partial charge < -0.3 is 39.9 Å². The van der Waals surface area contributed by atoms with E-state index in [1.807, 2.05) is 64.9 Å². The molecule has 0 aromatic heterocycles. The third-order valence-electron chi connectivity index (χ3n) is 24.9. The minimum absolute atomic E-state index is 0. The van der Waals surface area contributed by atoms with Gasteiger partial charge in [-0.15, -0.1) is 0 Å². The van der Waals surface area contributed by atoms with Crippen molar-refractivity contribution >= 4 is 17.7 Å². The lowest BCUT2D eigenvalue weighted by molar-refractivity contribution is -0.133. The van der Waals surface area contributed by atoms with Gasteiger partial charge in [-0.2, -0.15) is 0 Å². The molecule has 0 bridgehead atoms. The molecule has 734 valence electrons. The van der Waals surface area contributed by atoms with Crippen molar-refractivity contribution in [3.63, 3.8) is 0 Å². The van der Waals surface area contributed by atoms with Crippen molar-refractivity contribution in [3.05, 3.63) is 36.4 Å². The molecule has 2 saturated carbocycles. The SMILES string of the molecule is C.CC(C)CC(=O)N1CCCCC1.CC(C)CC1CCCC1.CC(C)CC1CCCNC1.CC(C)CC1CNCCO1.CCC.CCC.CCC(=O)N1CCC(CC(C)C)C1.CCC(=O)N1CCC(CC(C)C)CC1.CCC(C)C.CCC1CCC(CC(C)C)CC1.CCCN1CCC(CC(C)C)C1.CCCN1CCC(CC(C)C)CC1.c1ccccc1. The van der Waals surface area contributed by atoms with Crippen LogP contribution in [-0.2, 0) is 19.1 Å². The van der Waals surface area contributed by atoms with E-state index in [1.165, 1.54) is 264 Å². The van der Waals surface area contributed by atoms with Crippen LogP contribution < -0.4 is 10.6 Å². The van der Waals surface area contributed by atoms with Crippen LogP contribution in [0.5, 0.6) is 0 Å². The first-order valence-electron chi connectivity index (χ1n) is 53.4. The fraction of sp³-hybridized carbons (Fsp3) is 0.920. The molecule has 123 heavy (non-hydrogen) atoms. The van der Waals surface area contributed by atoms with Gasteiger partial charge in [0.05, 0.1) is 12.7 Å². The van der Waals surface area contributed by atoms with Crippen molar-refractivity contribution < 1.29 is 19.1 Å². The first-order valence-corrected chi connectivity index (χ1v) is 53.4. The molecule has 2 N–H and O–H groups in total. The molecule has 7 heterocycles. The number of carbonyl (C=O) groups excluding carboxylic acids is 3. The summed E-state index contributed by atoms with van der Waals surface area (Å²) in [7, 11) is 0. The number of nitrogens with one attached hydrogen (secondary N) is 2. The van der Waals surface area contributed by atoms with Gasteiger partial charge in [-0.05, 0) is 287 Å². The maximum absolute atomic E-state index is 11.5. The Morgan fingerprint density at radius 1 is 0.317 bits per heavy atom. The molecule has 11 heteroatoms. The summed E-state index contributed by atoms with van der Waals surface area (Å²) in [5, 5.41) is 6.76. The Hall–Kier alpha value is -2.57. The minimum Gasteiger partial charge on any atom is -0.376 e. The van der Waals surface area contributed by atoms with Crippen molar-refractivity contribution in [2.24, 2.45) is 107 Å². The van der Waals surface area contributed by atoms with Gasteiger partial charge >= 0.3 is 0 Å². The molecule has 0 radical (unpaired) electrons. The van der Waals surface area contributed by atoms with Gasteiger partial charge in [-0.25, -0.2) is 0 Å². The van der Waals surface area contributed by atoms with Crippen LogP contribution in [-0.4, -0.2) is 160 Å². The molecule has 11 nitrogen and oxygen atoms in total. The summed E-state index contributed by atoms with van der Waals surface area (Å²) in [6.45, 7) is 86.5. The summed E-state index contributed by atoms with van der Waals surface area (Å²) >= 11 is 0. The summed E-state index contributed by atoms with van der Waals surface area (Å²) in [4.78, 5) is 45.6. The van der Waals surface area contributed by atoms with Crippen LogP contribution >= 0.6 is 0 Å². The summed E-state index contributed by atoms with van der Waals surface area (Å²) < 4.78 is 5.53. The largest absolute Gasteiger partial charge is 0.376 e. The molecule has 9 fully saturated rings. The maximum atomic E-state index is 11.5. The van der Waals surface area contributed by atoms with Crippen molar-refractivity contribution in [3.8, 4) is 0 Å². The number of morpholine rings is 1.